The molecule has 2 aromatic rings. The molecule has 0 radical (unpaired) electrons. The molecule has 1 heterocycles. The number of urea groups is 1. The van der Waals surface area contributed by atoms with Gasteiger partial charge in [-0.2, -0.15) is 0 Å². The Hall–Kier alpha value is -3.35. The van der Waals surface area contributed by atoms with Crippen LogP contribution in [0.2, 0.25) is 0 Å². The summed E-state index contributed by atoms with van der Waals surface area (Å²) in [6.45, 7) is 5.17. The van der Waals surface area contributed by atoms with Gasteiger partial charge in [0.15, 0.2) is 0 Å². The molecule has 1 fully saturated rings. The maximum absolute atomic E-state index is 13.0. The van der Waals surface area contributed by atoms with Crippen molar-refractivity contribution in [3.05, 3.63) is 59.2 Å². The van der Waals surface area contributed by atoms with Crippen LogP contribution in [0, 0.1) is 13.8 Å². The van der Waals surface area contributed by atoms with Crippen LogP contribution in [0.3, 0.4) is 0 Å². The number of aryl methyl sites for hydroxylation is 2. The van der Waals surface area contributed by atoms with Crippen molar-refractivity contribution in [2.24, 2.45) is 0 Å². The average Bonchev–Trinajstić information content (AvgIpc) is 2.84. The SMILES string of the molecule is COc1ccccc1C[C@@]1(C)NC(=O)N(CC(=O)Nc2cc(C)cc(C)c2)C1=O. The van der Waals surface area contributed by atoms with Crippen LogP contribution >= 0.6 is 0 Å². The van der Waals surface area contributed by atoms with Gasteiger partial charge in [0.05, 0.1) is 7.11 Å². The van der Waals surface area contributed by atoms with Gasteiger partial charge in [-0.25, -0.2) is 4.79 Å². The number of methoxy groups -OCH3 is 1. The molecule has 3 rings (SSSR count). The summed E-state index contributed by atoms with van der Waals surface area (Å²) >= 11 is 0. The lowest BCUT2D eigenvalue weighted by Crippen LogP contribution is -2.46. The predicted molar refractivity (Wildman–Crippen MR) is 110 cm³/mol. The van der Waals surface area contributed by atoms with E-state index in [0.29, 0.717) is 11.4 Å². The minimum Gasteiger partial charge on any atom is -0.496 e. The number of anilines is 1. The molecule has 0 aliphatic carbocycles. The first kappa shape index (κ1) is 20.4. The normalized spacial score (nSPS) is 18.6. The van der Waals surface area contributed by atoms with Gasteiger partial charge in [0.2, 0.25) is 5.91 Å². The van der Waals surface area contributed by atoms with Gasteiger partial charge in [-0.1, -0.05) is 24.3 Å². The van der Waals surface area contributed by atoms with Crippen LogP contribution in [0.15, 0.2) is 42.5 Å². The van der Waals surface area contributed by atoms with Crippen LogP contribution < -0.4 is 15.4 Å². The molecule has 7 heteroatoms. The molecule has 4 amide bonds. The summed E-state index contributed by atoms with van der Waals surface area (Å²) in [5.74, 6) is -0.231. The molecule has 0 aromatic heterocycles. The average molecular weight is 395 g/mol. The number of amides is 4. The van der Waals surface area contributed by atoms with E-state index >= 15 is 0 Å². The second-order valence-electron chi connectivity index (χ2n) is 7.57. The second kappa shape index (κ2) is 7.95. The lowest BCUT2D eigenvalue weighted by Gasteiger charge is -2.22. The highest BCUT2D eigenvalue weighted by molar-refractivity contribution is 6.10. The molecule has 0 saturated carbocycles. The van der Waals surface area contributed by atoms with Gasteiger partial charge in [-0.05, 0) is 55.7 Å². The fraction of sp³-hybridized carbons (Fsp3) is 0.318. The molecule has 1 aliphatic rings. The lowest BCUT2D eigenvalue weighted by molar-refractivity contribution is -0.133. The van der Waals surface area contributed by atoms with Crippen molar-refractivity contribution in [1.29, 1.82) is 0 Å². The predicted octanol–water partition coefficient (Wildman–Crippen LogP) is 2.80. The third-order valence-corrected chi connectivity index (χ3v) is 4.89. The maximum Gasteiger partial charge on any atom is 0.325 e. The number of nitrogens with one attached hydrogen (secondary N) is 2. The van der Waals surface area contributed by atoms with E-state index in [4.69, 9.17) is 4.74 Å². The molecule has 2 aromatic carbocycles. The van der Waals surface area contributed by atoms with Gasteiger partial charge in [0.1, 0.15) is 17.8 Å². The van der Waals surface area contributed by atoms with Gasteiger partial charge in [0, 0.05) is 12.1 Å². The zero-order valence-electron chi connectivity index (χ0n) is 17.0. The van der Waals surface area contributed by atoms with Crippen LogP contribution in [0.25, 0.3) is 0 Å². The highest BCUT2D eigenvalue weighted by Gasteiger charge is 2.48. The second-order valence-corrected chi connectivity index (χ2v) is 7.57. The number of nitrogens with zero attached hydrogens (tertiary/aromatic N) is 1. The Balaban J connectivity index is 1.72. The van der Waals surface area contributed by atoms with Crippen molar-refractivity contribution >= 4 is 23.5 Å². The number of ether oxygens (including phenoxy) is 1. The number of imide groups is 1. The monoisotopic (exact) mass is 395 g/mol. The van der Waals surface area contributed by atoms with Crippen LogP contribution in [0.1, 0.15) is 23.6 Å². The summed E-state index contributed by atoms with van der Waals surface area (Å²) in [5.41, 5.74) is 2.31. The lowest BCUT2D eigenvalue weighted by atomic mass is 9.92. The minimum atomic E-state index is -1.15. The molecule has 7 nitrogen and oxygen atoms in total. The van der Waals surface area contributed by atoms with E-state index in [1.54, 1.807) is 20.1 Å². The summed E-state index contributed by atoms with van der Waals surface area (Å²) in [4.78, 5) is 38.8. The molecular formula is C22H25N3O4. The first-order valence-electron chi connectivity index (χ1n) is 9.36. The standard InChI is InChI=1S/C22H25N3O4/c1-14-9-15(2)11-17(10-14)23-19(26)13-25-20(27)22(3,24-21(25)28)12-16-7-5-6-8-18(16)29-4/h5-11H,12-13H2,1-4H3,(H,23,26)(H,24,28)/t22-/m1/s1. The van der Waals surface area contributed by atoms with Crippen LogP contribution in [-0.4, -0.2) is 41.9 Å². The van der Waals surface area contributed by atoms with Crippen molar-refractivity contribution < 1.29 is 19.1 Å². The first-order valence-corrected chi connectivity index (χ1v) is 9.36. The molecule has 1 atom stereocenters. The van der Waals surface area contributed by atoms with Gasteiger partial charge in [-0.15, -0.1) is 0 Å². The van der Waals surface area contributed by atoms with E-state index in [-0.39, 0.29) is 13.0 Å². The topological polar surface area (TPSA) is 87.7 Å². The summed E-state index contributed by atoms with van der Waals surface area (Å²) in [7, 11) is 1.56. The number of hydrogen-bond acceptors (Lipinski definition) is 4. The van der Waals surface area contributed by atoms with Crippen molar-refractivity contribution in [3.8, 4) is 5.75 Å². The Kier molecular flexibility index (Phi) is 5.59. The van der Waals surface area contributed by atoms with E-state index in [1.165, 1.54) is 0 Å². The fourth-order valence-corrected chi connectivity index (χ4v) is 3.63. The van der Waals surface area contributed by atoms with Gasteiger partial charge in [0.25, 0.3) is 5.91 Å². The summed E-state index contributed by atoms with van der Waals surface area (Å²) in [6.07, 6.45) is 0.261. The zero-order valence-corrected chi connectivity index (χ0v) is 17.0. The Morgan fingerprint density at radius 3 is 2.45 bits per heavy atom. The summed E-state index contributed by atoms with van der Waals surface area (Å²) in [5, 5.41) is 5.47. The van der Waals surface area contributed by atoms with Gasteiger partial charge < -0.3 is 15.4 Å². The molecule has 1 saturated heterocycles. The Morgan fingerprint density at radius 2 is 1.79 bits per heavy atom. The fourth-order valence-electron chi connectivity index (χ4n) is 3.63. The molecule has 2 N–H and O–H groups in total. The van der Waals surface area contributed by atoms with Crippen molar-refractivity contribution in [1.82, 2.24) is 10.2 Å². The highest BCUT2D eigenvalue weighted by Crippen LogP contribution is 2.27. The van der Waals surface area contributed by atoms with E-state index in [1.807, 2.05) is 50.2 Å². The molecule has 152 valence electrons. The first-order chi connectivity index (χ1) is 13.7. The van der Waals surface area contributed by atoms with Crippen molar-refractivity contribution in [3.63, 3.8) is 0 Å². The van der Waals surface area contributed by atoms with E-state index in [2.05, 4.69) is 10.6 Å². The number of rotatable bonds is 6. The summed E-state index contributed by atoms with van der Waals surface area (Å²) in [6, 6.07) is 12.4. The van der Waals surface area contributed by atoms with Crippen LogP contribution in [0.4, 0.5) is 10.5 Å². The molecular weight excluding hydrogens is 370 g/mol. The van der Waals surface area contributed by atoms with Crippen LogP contribution in [-0.2, 0) is 16.0 Å². The molecule has 29 heavy (non-hydrogen) atoms. The number of carbonyl (C=O) groups excluding carboxylic acids is 3. The smallest absolute Gasteiger partial charge is 0.325 e. The van der Waals surface area contributed by atoms with Gasteiger partial charge >= 0.3 is 6.03 Å². The number of carbonyl (C=O) groups is 3. The number of para-hydroxylation sites is 1. The van der Waals surface area contributed by atoms with E-state index in [9.17, 15) is 14.4 Å². The third-order valence-electron chi connectivity index (χ3n) is 4.89. The molecule has 0 unspecified atom stereocenters. The Bertz CT molecular complexity index is 952. The number of hydrogen-bond donors (Lipinski definition) is 2. The van der Waals surface area contributed by atoms with Gasteiger partial charge in [-0.3, -0.25) is 14.5 Å². The molecule has 0 spiro atoms. The molecule has 1 aliphatic heterocycles. The largest absolute Gasteiger partial charge is 0.496 e. The third kappa shape index (κ3) is 4.39. The maximum atomic E-state index is 13.0. The highest BCUT2D eigenvalue weighted by atomic mass is 16.5. The van der Waals surface area contributed by atoms with Crippen molar-refractivity contribution in [2.45, 2.75) is 32.7 Å². The quantitative estimate of drug-likeness (QED) is 0.737. The Labute approximate surface area is 170 Å². The molecule has 0 bridgehead atoms. The van der Waals surface area contributed by atoms with Crippen LogP contribution in [0.5, 0.6) is 5.75 Å². The Morgan fingerprint density at radius 1 is 1.14 bits per heavy atom. The van der Waals surface area contributed by atoms with E-state index < -0.39 is 23.4 Å². The minimum absolute atomic E-state index is 0.261. The summed E-state index contributed by atoms with van der Waals surface area (Å²) < 4.78 is 5.34. The zero-order chi connectivity index (χ0) is 21.2. The van der Waals surface area contributed by atoms with E-state index in [0.717, 1.165) is 21.6 Å². The van der Waals surface area contributed by atoms with Crippen molar-refractivity contribution in [2.75, 3.05) is 19.0 Å². The number of benzene rings is 2.